The molecule has 1 aromatic heterocycles. The topological polar surface area (TPSA) is 70.6 Å². The fraction of sp³-hybridized carbons (Fsp3) is 0.423. The lowest BCUT2D eigenvalue weighted by Crippen LogP contribution is -2.19. The van der Waals surface area contributed by atoms with Gasteiger partial charge in [-0.3, -0.25) is 5.10 Å². The van der Waals surface area contributed by atoms with Crippen LogP contribution >= 0.6 is 0 Å². The summed E-state index contributed by atoms with van der Waals surface area (Å²) in [6.45, 7) is 7.24. The fourth-order valence-electron chi connectivity index (χ4n) is 3.51. The van der Waals surface area contributed by atoms with Gasteiger partial charge in [0.1, 0.15) is 24.7 Å². The number of nitrogens with one attached hydrogen (secondary N) is 1. The minimum Gasteiger partial charge on any atom is -0.490 e. The maximum atomic E-state index is 9.23. The van der Waals surface area contributed by atoms with E-state index >= 15 is 0 Å². The third-order valence-electron chi connectivity index (χ3n) is 5.54. The molecule has 1 heterocycles. The Morgan fingerprint density at radius 1 is 1.00 bits per heavy atom. The van der Waals surface area contributed by atoms with E-state index in [-0.39, 0.29) is 12.5 Å². The quantitative estimate of drug-likeness (QED) is 0.374. The second-order valence-corrected chi connectivity index (χ2v) is 8.24. The Bertz CT molecular complexity index is 922. The van der Waals surface area contributed by atoms with E-state index in [2.05, 4.69) is 41.2 Å². The number of aliphatic hydroxyl groups is 1. The average molecular weight is 438 g/mol. The minimum atomic E-state index is 0.134. The predicted molar refractivity (Wildman–Crippen MR) is 128 cm³/mol. The number of aromatic nitrogens is 2. The van der Waals surface area contributed by atoms with E-state index in [1.807, 2.05) is 49.5 Å². The number of ether oxygens (including phenoxy) is 2. The number of unbranched alkanes of at least 4 members (excludes halogenated alkanes) is 1. The highest BCUT2D eigenvalue weighted by Crippen LogP contribution is 2.25. The summed E-state index contributed by atoms with van der Waals surface area (Å²) in [5, 5.41) is 16.6. The number of hydrogen-bond donors (Lipinski definition) is 2. The zero-order valence-corrected chi connectivity index (χ0v) is 19.4. The number of aliphatic hydroxyl groups excluding tert-OH is 1. The standard InChI is InChI=1S/C26H35N3O3/c1-4-5-14-29(3)18-23-17-27-28-26(23)22-8-12-25(13-9-22)32-16-15-31-24-10-6-21(7-11-24)20(2)19-30/h6-13,17,20,30H,4-5,14-16,18-19H2,1-3H3,(H,27,28). The van der Waals surface area contributed by atoms with Gasteiger partial charge in [-0.1, -0.05) is 32.4 Å². The van der Waals surface area contributed by atoms with Gasteiger partial charge in [-0.15, -0.1) is 0 Å². The van der Waals surface area contributed by atoms with Crippen molar-refractivity contribution in [3.8, 4) is 22.8 Å². The third kappa shape index (κ3) is 6.84. The van der Waals surface area contributed by atoms with Crippen molar-refractivity contribution >= 4 is 0 Å². The van der Waals surface area contributed by atoms with E-state index in [4.69, 9.17) is 9.47 Å². The van der Waals surface area contributed by atoms with Crippen molar-refractivity contribution in [3.63, 3.8) is 0 Å². The van der Waals surface area contributed by atoms with Gasteiger partial charge in [0, 0.05) is 30.2 Å². The first-order valence-corrected chi connectivity index (χ1v) is 11.4. The van der Waals surface area contributed by atoms with Crippen LogP contribution in [-0.4, -0.2) is 53.6 Å². The molecule has 0 aliphatic rings. The molecule has 0 fully saturated rings. The first kappa shape index (κ1) is 23.8. The molecule has 6 nitrogen and oxygen atoms in total. The van der Waals surface area contributed by atoms with Crippen LogP contribution in [0, 0.1) is 0 Å². The fourth-order valence-corrected chi connectivity index (χ4v) is 3.51. The van der Waals surface area contributed by atoms with Crippen LogP contribution < -0.4 is 9.47 Å². The first-order chi connectivity index (χ1) is 15.6. The van der Waals surface area contributed by atoms with Crippen LogP contribution in [0.25, 0.3) is 11.3 Å². The van der Waals surface area contributed by atoms with E-state index in [9.17, 15) is 5.11 Å². The van der Waals surface area contributed by atoms with E-state index in [1.165, 1.54) is 18.4 Å². The summed E-state index contributed by atoms with van der Waals surface area (Å²) in [6, 6.07) is 15.9. The third-order valence-corrected chi connectivity index (χ3v) is 5.54. The maximum Gasteiger partial charge on any atom is 0.122 e. The predicted octanol–water partition coefficient (Wildman–Crippen LogP) is 4.86. The highest BCUT2D eigenvalue weighted by atomic mass is 16.5. The highest BCUT2D eigenvalue weighted by Gasteiger charge is 2.10. The van der Waals surface area contributed by atoms with Crippen molar-refractivity contribution in [2.24, 2.45) is 0 Å². The lowest BCUT2D eigenvalue weighted by Gasteiger charge is -2.16. The van der Waals surface area contributed by atoms with E-state index in [0.29, 0.717) is 13.2 Å². The van der Waals surface area contributed by atoms with Crippen LogP contribution in [0.15, 0.2) is 54.7 Å². The lowest BCUT2D eigenvalue weighted by molar-refractivity contribution is 0.217. The van der Waals surface area contributed by atoms with Crippen molar-refractivity contribution < 1.29 is 14.6 Å². The molecule has 1 atom stereocenters. The Morgan fingerprint density at radius 2 is 1.62 bits per heavy atom. The molecule has 3 rings (SSSR count). The van der Waals surface area contributed by atoms with Gasteiger partial charge >= 0.3 is 0 Å². The second-order valence-electron chi connectivity index (χ2n) is 8.24. The van der Waals surface area contributed by atoms with Gasteiger partial charge in [0.2, 0.25) is 0 Å². The number of benzene rings is 2. The normalized spacial score (nSPS) is 12.2. The first-order valence-electron chi connectivity index (χ1n) is 11.4. The van der Waals surface area contributed by atoms with E-state index in [1.54, 1.807) is 0 Å². The molecule has 2 aromatic carbocycles. The average Bonchev–Trinajstić information content (AvgIpc) is 3.28. The molecular formula is C26H35N3O3. The van der Waals surface area contributed by atoms with Crippen molar-refractivity contribution in [1.29, 1.82) is 0 Å². The van der Waals surface area contributed by atoms with Crippen molar-refractivity contribution in [3.05, 3.63) is 65.9 Å². The molecule has 3 aromatic rings. The van der Waals surface area contributed by atoms with Crippen LogP contribution in [0.4, 0.5) is 0 Å². The molecule has 0 radical (unpaired) electrons. The molecule has 0 amide bonds. The van der Waals surface area contributed by atoms with Crippen LogP contribution in [0.5, 0.6) is 11.5 Å². The molecule has 1 unspecified atom stereocenters. The van der Waals surface area contributed by atoms with Gasteiger partial charge < -0.3 is 19.5 Å². The number of H-pyrrole nitrogens is 1. The Labute approximate surface area is 191 Å². The second kappa shape index (κ2) is 12.3. The monoisotopic (exact) mass is 437 g/mol. The molecule has 172 valence electrons. The molecule has 6 heteroatoms. The van der Waals surface area contributed by atoms with Gasteiger partial charge in [-0.25, -0.2) is 0 Å². The molecule has 32 heavy (non-hydrogen) atoms. The zero-order valence-electron chi connectivity index (χ0n) is 19.4. The summed E-state index contributed by atoms with van der Waals surface area (Å²) in [5.41, 5.74) is 4.46. The summed E-state index contributed by atoms with van der Waals surface area (Å²) in [5.74, 6) is 1.74. The molecule has 0 spiro atoms. The maximum absolute atomic E-state index is 9.23. The summed E-state index contributed by atoms with van der Waals surface area (Å²) in [4.78, 5) is 2.33. The van der Waals surface area contributed by atoms with Gasteiger partial charge in [0.05, 0.1) is 11.9 Å². The van der Waals surface area contributed by atoms with E-state index < -0.39 is 0 Å². The number of aromatic amines is 1. The van der Waals surface area contributed by atoms with Crippen molar-refractivity contribution in [2.75, 3.05) is 33.4 Å². The smallest absolute Gasteiger partial charge is 0.122 e. The zero-order chi connectivity index (χ0) is 22.8. The molecule has 0 saturated heterocycles. The van der Waals surface area contributed by atoms with Gasteiger partial charge in [-0.2, -0.15) is 5.10 Å². The van der Waals surface area contributed by atoms with Crippen molar-refractivity contribution in [1.82, 2.24) is 15.1 Å². The number of rotatable bonds is 13. The van der Waals surface area contributed by atoms with Crippen LogP contribution in [0.2, 0.25) is 0 Å². The minimum absolute atomic E-state index is 0.134. The SMILES string of the molecule is CCCCN(C)Cc1cn[nH]c1-c1ccc(OCCOc2ccc(C(C)CO)cc2)cc1. The molecule has 0 aliphatic heterocycles. The summed E-state index contributed by atoms with van der Waals surface area (Å²) < 4.78 is 11.6. The van der Waals surface area contributed by atoms with Gasteiger partial charge in [0.25, 0.3) is 0 Å². The lowest BCUT2D eigenvalue weighted by atomic mass is 10.0. The molecule has 0 aliphatic carbocycles. The highest BCUT2D eigenvalue weighted by molar-refractivity contribution is 5.63. The van der Waals surface area contributed by atoms with E-state index in [0.717, 1.165) is 41.4 Å². The molecule has 2 N–H and O–H groups in total. The molecular weight excluding hydrogens is 402 g/mol. The molecule has 0 saturated carbocycles. The Kier molecular flexibility index (Phi) is 9.13. The van der Waals surface area contributed by atoms with Crippen LogP contribution in [0.3, 0.4) is 0 Å². The molecule has 0 bridgehead atoms. The van der Waals surface area contributed by atoms with Crippen LogP contribution in [-0.2, 0) is 6.54 Å². The Hall–Kier alpha value is -2.83. The number of hydrogen-bond acceptors (Lipinski definition) is 5. The summed E-state index contributed by atoms with van der Waals surface area (Å²) in [7, 11) is 2.15. The summed E-state index contributed by atoms with van der Waals surface area (Å²) in [6.07, 6.45) is 4.31. The summed E-state index contributed by atoms with van der Waals surface area (Å²) >= 11 is 0. The van der Waals surface area contributed by atoms with Crippen LogP contribution in [0.1, 0.15) is 43.7 Å². The Morgan fingerprint density at radius 3 is 2.22 bits per heavy atom. The van der Waals surface area contributed by atoms with Gasteiger partial charge in [-0.05, 0) is 62.0 Å². The van der Waals surface area contributed by atoms with Gasteiger partial charge in [0.15, 0.2) is 0 Å². The number of nitrogens with zero attached hydrogens (tertiary/aromatic N) is 2. The Balaban J connectivity index is 1.47. The van der Waals surface area contributed by atoms with Crippen molar-refractivity contribution in [2.45, 2.75) is 39.2 Å². The largest absolute Gasteiger partial charge is 0.490 e.